The van der Waals surface area contributed by atoms with Crippen molar-refractivity contribution in [1.29, 1.82) is 0 Å². The zero-order chi connectivity index (χ0) is 13.3. The van der Waals surface area contributed by atoms with E-state index in [1.165, 1.54) is 16.2 Å². The van der Waals surface area contributed by atoms with Gasteiger partial charge in [-0.2, -0.15) is 0 Å². The van der Waals surface area contributed by atoms with E-state index in [0.29, 0.717) is 6.54 Å². The third-order valence-corrected chi connectivity index (χ3v) is 4.63. The molecule has 0 radical (unpaired) electrons. The standard InChI is InChI=1S/C13H18N2O2S/c1-8-6-11(18-9(8)2)13(17)15-5-3-4-10(7-15)12(14)16/h6,10H,3-5,7H2,1-2H3,(H2,14,16)/t10-/m0/s1. The summed E-state index contributed by atoms with van der Waals surface area (Å²) in [6, 6.07) is 1.93. The maximum absolute atomic E-state index is 12.3. The van der Waals surface area contributed by atoms with Gasteiger partial charge in [-0.1, -0.05) is 0 Å². The van der Waals surface area contributed by atoms with Crippen molar-refractivity contribution in [1.82, 2.24) is 4.90 Å². The average molecular weight is 266 g/mol. The van der Waals surface area contributed by atoms with Crippen LogP contribution in [0.4, 0.5) is 0 Å². The smallest absolute Gasteiger partial charge is 0.263 e. The third kappa shape index (κ3) is 2.56. The molecule has 2 N–H and O–H groups in total. The molecule has 2 heterocycles. The van der Waals surface area contributed by atoms with Crippen LogP contribution in [0.3, 0.4) is 0 Å². The predicted molar refractivity (Wildman–Crippen MR) is 71.6 cm³/mol. The summed E-state index contributed by atoms with van der Waals surface area (Å²) in [6.45, 7) is 5.20. The van der Waals surface area contributed by atoms with Crippen LogP contribution in [-0.4, -0.2) is 29.8 Å². The van der Waals surface area contributed by atoms with Crippen LogP contribution in [0.15, 0.2) is 6.07 Å². The molecule has 1 aromatic heterocycles. The fourth-order valence-electron chi connectivity index (χ4n) is 2.23. The maximum Gasteiger partial charge on any atom is 0.263 e. The molecule has 0 unspecified atom stereocenters. The Hall–Kier alpha value is -1.36. The van der Waals surface area contributed by atoms with E-state index < -0.39 is 0 Å². The molecule has 1 aromatic rings. The number of aryl methyl sites for hydroxylation is 2. The lowest BCUT2D eigenvalue weighted by molar-refractivity contribution is -0.123. The number of hydrogen-bond acceptors (Lipinski definition) is 3. The van der Waals surface area contributed by atoms with E-state index in [-0.39, 0.29) is 17.7 Å². The van der Waals surface area contributed by atoms with Crippen LogP contribution < -0.4 is 5.73 Å². The van der Waals surface area contributed by atoms with Crippen LogP contribution in [0.2, 0.25) is 0 Å². The Morgan fingerprint density at radius 3 is 2.72 bits per heavy atom. The van der Waals surface area contributed by atoms with E-state index in [9.17, 15) is 9.59 Å². The lowest BCUT2D eigenvalue weighted by Crippen LogP contribution is -2.43. The Bertz CT molecular complexity index is 462. The number of primary amides is 1. The largest absolute Gasteiger partial charge is 0.369 e. The van der Waals surface area contributed by atoms with Gasteiger partial charge in [0, 0.05) is 18.0 Å². The van der Waals surface area contributed by atoms with Gasteiger partial charge >= 0.3 is 0 Å². The molecule has 1 fully saturated rings. The molecule has 1 aliphatic rings. The Morgan fingerprint density at radius 2 is 2.17 bits per heavy atom. The first kappa shape index (κ1) is 13.1. The topological polar surface area (TPSA) is 63.4 Å². The molecule has 2 rings (SSSR count). The second-order valence-electron chi connectivity index (χ2n) is 4.84. The Balaban J connectivity index is 2.11. The molecule has 5 heteroatoms. The van der Waals surface area contributed by atoms with Crippen molar-refractivity contribution in [3.8, 4) is 0 Å². The Labute approximate surface area is 111 Å². The number of rotatable bonds is 2. The van der Waals surface area contributed by atoms with E-state index in [2.05, 4.69) is 0 Å². The van der Waals surface area contributed by atoms with Crippen molar-refractivity contribution in [2.45, 2.75) is 26.7 Å². The second-order valence-corrected chi connectivity index (χ2v) is 6.10. The summed E-state index contributed by atoms with van der Waals surface area (Å²) in [7, 11) is 0. The van der Waals surface area contributed by atoms with Gasteiger partial charge in [0.15, 0.2) is 0 Å². The minimum Gasteiger partial charge on any atom is -0.369 e. The molecule has 1 aliphatic heterocycles. The number of nitrogens with two attached hydrogens (primary N) is 1. The SMILES string of the molecule is Cc1cc(C(=O)N2CCC[C@H](C(N)=O)C2)sc1C. The van der Waals surface area contributed by atoms with Gasteiger partial charge in [0.05, 0.1) is 10.8 Å². The molecule has 0 saturated carbocycles. The molecule has 1 atom stereocenters. The Morgan fingerprint density at radius 1 is 1.44 bits per heavy atom. The molecule has 0 spiro atoms. The summed E-state index contributed by atoms with van der Waals surface area (Å²) >= 11 is 1.52. The maximum atomic E-state index is 12.3. The summed E-state index contributed by atoms with van der Waals surface area (Å²) in [5.41, 5.74) is 6.47. The highest BCUT2D eigenvalue weighted by molar-refractivity contribution is 7.14. The fraction of sp³-hybridized carbons (Fsp3) is 0.538. The van der Waals surface area contributed by atoms with Gasteiger partial charge in [-0.25, -0.2) is 0 Å². The summed E-state index contributed by atoms with van der Waals surface area (Å²) in [4.78, 5) is 27.2. The van der Waals surface area contributed by atoms with Crippen LogP contribution in [0.5, 0.6) is 0 Å². The zero-order valence-corrected chi connectivity index (χ0v) is 11.5. The predicted octanol–water partition coefficient (Wildman–Crippen LogP) is 1.70. The highest BCUT2D eigenvalue weighted by Gasteiger charge is 2.28. The molecular weight excluding hydrogens is 248 g/mol. The number of carbonyl (C=O) groups is 2. The van der Waals surface area contributed by atoms with Gasteiger partial charge in [0.2, 0.25) is 5.91 Å². The first-order chi connectivity index (χ1) is 8.49. The summed E-state index contributed by atoms with van der Waals surface area (Å²) in [5, 5.41) is 0. The van der Waals surface area contributed by atoms with Crippen molar-refractivity contribution in [2.24, 2.45) is 11.7 Å². The van der Waals surface area contributed by atoms with E-state index in [4.69, 9.17) is 5.73 Å². The molecule has 18 heavy (non-hydrogen) atoms. The molecule has 98 valence electrons. The van der Waals surface area contributed by atoms with Crippen LogP contribution >= 0.6 is 11.3 Å². The average Bonchev–Trinajstić information content (AvgIpc) is 2.69. The van der Waals surface area contributed by atoms with Gasteiger partial charge in [-0.15, -0.1) is 11.3 Å². The third-order valence-electron chi connectivity index (χ3n) is 3.49. The summed E-state index contributed by atoms with van der Waals surface area (Å²) < 4.78 is 0. The monoisotopic (exact) mass is 266 g/mol. The van der Waals surface area contributed by atoms with Gasteiger partial charge in [-0.05, 0) is 38.3 Å². The Kier molecular flexibility index (Phi) is 3.71. The number of likely N-dealkylation sites (tertiary alicyclic amines) is 1. The molecule has 2 amide bonds. The molecule has 4 nitrogen and oxygen atoms in total. The number of hydrogen-bond donors (Lipinski definition) is 1. The van der Waals surface area contributed by atoms with E-state index >= 15 is 0 Å². The first-order valence-corrected chi connectivity index (χ1v) is 6.96. The minimum atomic E-state index is -0.300. The molecule has 0 aliphatic carbocycles. The van der Waals surface area contributed by atoms with Crippen LogP contribution in [0, 0.1) is 19.8 Å². The van der Waals surface area contributed by atoms with Crippen molar-refractivity contribution in [3.05, 3.63) is 21.4 Å². The van der Waals surface area contributed by atoms with E-state index in [1.807, 2.05) is 19.9 Å². The quantitative estimate of drug-likeness (QED) is 0.885. The van der Waals surface area contributed by atoms with Crippen molar-refractivity contribution in [3.63, 3.8) is 0 Å². The number of carbonyl (C=O) groups excluding carboxylic acids is 2. The minimum absolute atomic E-state index is 0.0298. The summed E-state index contributed by atoms with van der Waals surface area (Å²) in [6.07, 6.45) is 1.64. The van der Waals surface area contributed by atoms with Gasteiger partial charge in [-0.3, -0.25) is 9.59 Å². The van der Waals surface area contributed by atoms with E-state index in [0.717, 1.165) is 29.8 Å². The number of nitrogens with zero attached hydrogens (tertiary/aromatic N) is 1. The highest BCUT2D eigenvalue weighted by Crippen LogP contribution is 2.24. The number of piperidine rings is 1. The van der Waals surface area contributed by atoms with Gasteiger partial charge in [0.1, 0.15) is 0 Å². The van der Waals surface area contributed by atoms with Crippen molar-refractivity contribution in [2.75, 3.05) is 13.1 Å². The van der Waals surface area contributed by atoms with Crippen LogP contribution in [0.25, 0.3) is 0 Å². The van der Waals surface area contributed by atoms with Crippen molar-refractivity contribution >= 4 is 23.2 Å². The first-order valence-electron chi connectivity index (χ1n) is 6.14. The molecule has 0 bridgehead atoms. The second kappa shape index (κ2) is 5.10. The molecule has 1 saturated heterocycles. The van der Waals surface area contributed by atoms with E-state index in [1.54, 1.807) is 4.90 Å². The van der Waals surface area contributed by atoms with Crippen LogP contribution in [0.1, 0.15) is 33.0 Å². The number of thiophene rings is 1. The normalized spacial score (nSPS) is 19.9. The number of amides is 2. The van der Waals surface area contributed by atoms with Gasteiger partial charge in [0.25, 0.3) is 5.91 Å². The van der Waals surface area contributed by atoms with Crippen LogP contribution in [-0.2, 0) is 4.79 Å². The summed E-state index contributed by atoms with van der Waals surface area (Å²) in [5.74, 6) is -0.460. The highest BCUT2D eigenvalue weighted by atomic mass is 32.1. The molecular formula is C13H18N2O2S. The zero-order valence-electron chi connectivity index (χ0n) is 10.7. The molecule has 0 aromatic carbocycles. The lowest BCUT2D eigenvalue weighted by atomic mass is 9.97. The fourth-order valence-corrected chi connectivity index (χ4v) is 3.23. The lowest BCUT2D eigenvalue weighted by Gasteiger charge is -2.30. The van der Waals surface area contributed by atoms with Crippen molar-refractivity contribution < 1.29 is 9.59 Å². The van der Waals surface area contributed by atoms with Gasteiger partial charge < -0.3 is 10.6 Å².